The van der Waals surface area contributed by atoms with Gasteiger partial charge in [0, 0.05) is 31.9 Å². The van der Waals surface area contributed by atoms with Gasteiger partial charge in [-0.3, -0.25) is 4.79 Å². The molecule has 180 valence electrons. The van der Waals surface area contributed by atoms with Crippen LogP contribution in [0.5, 0.6) is 17.4 Å². The molecule has 1 aliphatic rings. The highest BCUT2D eigenvalue weighted by Crippen LogP contribution is 2.30. The lowest BCUT2D eigenvalue weighted by Crippen LogP contribution is -2.46. The van der Waals surface area contributed by atoms with Crippen LogP contribution in [0.25, 0.3) is 0 Å². The molecule has 0 radical (unpaired) electrons. The number of aromatic nitrogens is 1. The number of pyridine rings is 1. The summed E-state index contributed by atoms with van der Waals surface area (Å²) in [6.07, 6.45) is 3.32. The van der Waals surface area contributed by atoms with Crippen LogP contribution in [0, 0.1) is 5.92 Å². The molecule has 0 bridgehead atoms. The Kier molecular flexibility index (Phi) is 11.2. The quantitative estimate of drug-likeness (QED) is 0.221. The standard InChI is InChI=1S/C24H32N4O4.HI/c1-4-25-24(28-14-12-19(13-15-28)23(29)30-3)27-17-18-10-11-22(26-16-18)32-21-9-7-6-8-20(21)31-5-2;/h6-11,16,19H,4-5,12-15,17H2,1-3H3,(H,25,27);1H. The summed E-state index contributed by atoms with van der Waals surface area (Å²) < 4.78 is 16.4. The zero-order valence-corrected chi connectivity index (χ0v) is 21.8. The van der Waals surface area contributed by atoms with Crippen LogP contribution in [-0.2, 0) is 16.1 Å². The zero-order chi connectivity index (χ0) is 22.8. The van der Waals surface area contributed by atoms with E-state index in [2.05, 4.69) is 15.2 Å². The number of benzene rings is 1. The highest BCUT2D eigenvalue weighted by Gasteiger charge is 2.26. The molecular formula is C24H33IN4O4. The van der Waals surface area contributed by atoms with E-state index in [0.717, 1.165) is 44.0 Å². The largest absolute Gasteiger partial charge is 0.490 e. The molecule has 3 rings (SSSR count). The molecule has 1 fully saturated rings. The van der Waals surface area contributed by atoms with Gasteiger partial charge in [0.1, 0.15) is 0 Å². The fourth-order valence-electron chi connectivity index (χ4n) is 3.57. The Morgan fingerprint density at radius 2 is 1.88 bits per heavy atom. The third-order valence-corrected chi connectivity index (χ3v) is 5.24. The van der Waals surface area contributed by atoms with Gasteiger partial charge in [0.15, 0.2) is 17.5 Å². The summed E-state index contributed by atoms with van der Waals surface area (Å²) in [5.74, 6) is 2.53. The van der Waals surface area contributed by atoms with E-state index in [9.17, 15) is 4.79 Å². The Morgan fingerprint density at radius 1 is 1.15 bits per heavy atom. The lowest BCUT2D eigenvalue weighted by Gasteiger charge is -2.33. The number of esters is 1. The van der Waals surface area contributed by atoms with Crippen molar-refractivity contribution < 1.29 is 19.0 Å². The first-order chi connectivity index (χ1) is 15.6. The monoisotopic (exact) mass is 568 g/mol. The molecule has 1 saturated heterocycles. The minimum Gasteiger partial charge on any atom is -0.490 e. The van der Waals surface area contributed by atoms with Crippen molar-refractivity contribution in [2.24, 2.45) is 10.9 Å². The molecule has 1 aromatic carbocycles. The third kappa shape index (κ3) is 7.76. The second-order valence-corrected chi connectivity index (χ2v) is 7.44. The van der Waals surface area contributed by atoms with Crippen LogP contribution < -0.4 is 14.8 Å². The number of aliphatic imine (C=N–C) groups is 1. The summed E-state index contributed by atoms with van der Waals surface area (Å²) in [6, 6.07) is 11.3. The van der Waals surface area contributed by atoms with Crippen LogP contribution in [0.2, 0.25) is 0 Å². The number of likely N-dealkylation sites (tertiary alicyclic amines) is 1. The van der Waals surface area contributed by atoms with Crippen LogP contribution in [0.3, 0.4) is 0 Å². The Labute approximate surface area is 212 Å². The van der Waals surface area contributed by atoms with Crippen molar-refractivity contribution in [3.8, 4) is 17.4 Å². The van der Waals surface area contributed by atoms with E-state index in [1.807, 2.05) is 50.2 Å². The van der Waals surface area contributed by atoms with Crippen LogP contribution in [0.1, 0.15) is 32.3 Å². The minimum atomic E-state index is -0.121. The number of guanidine groups is 1. The van der Waals surface area contributed by atoms with Crippen LogP contribution >= 0.6 is 24.0 Å². The van der Waals surface area contributed by atoms with E-state index in [-0.39, 0.29) is 35.9 Å². The highest BCUT2D eigenvalue weighted by atomic mass is 127. The molecular weight excluding hydrogens is 535 g/mol. The van der Waals surface area contributed by atoms with Gasteiger partial charge in [-0.1, -0.05) is 18.2 Å². The van der Waals surface area contributed by atoms with Crippen LogP contribution in [0.15, 0.2) is 47.6 Å². The molecule has 1 aromatic heterocycles. The number of carbonyl (C=O) groups is 1. The molecule has 0 atom stereocenters. The fraction of sp³-hybridized carbons (Fsp3) is 0.458. The number of hydrogen-bond donors (Lipinski definition) is 1. The topological polar surface area (TPSA) is 85.3 Å². The predicted molar refractivity (Wildman–Crippen MR) is 138 cm³/mol. The van der Waals surface area contributed by atoms with Crippen LogP contribution in [0.4, 0.5) is 0 Å². The van der Waals surface area contributed by atoms with Gasteiger partial charge in [-0.25, -0.2) is 9.98 Å². The summed E-state index contributed by atoms with van der Waals surface area (Å²) in [4.78, 5) is 23.1. The van der Waals surface area contributed by atoms with Gasteiger partial charge in [0.25, 0.3) is 0 Å². The van der Waals surface area contributed by atoms with Crippen molar-refractivity contribution in [2.75, 3.05) is 33.4 Å². The molecule has 0 unspecified atom stereocenters. The van der Waals surface area contributed by atoms with Gasteiger partial charge < -0.3 is 24.4 Å². The van der Waals surface area contributed by atoms with E-state index in [4.69, 9.17) is 19.2 Å². The molecule has 0 saturated carbocycles. The third-order valence-electron chi connectivity index (χ3n) is 5.24. The van der Waals surface area contributed by atoms with Crippen LogP contribution in [-0.4, -0.2) is 55.2 Å². The number of halogens is 1. The van der Waals surface area contributed by atoms with Gasteiger partial charge in [-0.05, 0) is 44.4 Å². The summed E-state index contributed by atoms with van der Waals surface area (Å²) in [6.45, 7) is 7.38. The molecule has 1 N–H and O–H groups in total. The Hall–Kier alpha value is -2.56. The SMILES string of the molecule is CCNC(=NCc1ccc(Oc2ccccc2OCC)nc1)N1CCC(C(=O)OC)CC1.I. The number of piperidine rings is 1. The molecule has 2 aromatic rings. The molecule has 1 aliphatic heterocycles. The van der Waals surface area contributed by atoms with Gasteiger partial charge in [-0.15, -0.1) is 24.0 Å². The normalized spacial score (nSPS) is 14.3. The van der Waals surface area contributed by atoms with Gasteiger partial charge >= 0.3 is 5.97 Å². The molecule has 2 heterocycles. The average Bonchev–Trinajstić information content (AvgIpc) is 2.83. The summed E-state index contributed by atoms with van der Waals surface area (Å²) in [5, 5.41) is 3.34. The van der Waals surface area contributed by atoms with E-state index in [1.165, 1.54) is 7.11 Å². The average molecular weight is 568 g/mol. The summed E-state index contributed by atoms with van der Waals surface area (Å²) in [7, 11) is 1.45. The maximum absolute atomic E-state index is 11.8. The van der Waals surface area contributed by atoms with E-state index < -0.39 is 0 Å². The Balaban J connectivity index is 0.00000385. The summed E-state index contributed by atoms with van der Waals surface area (Å²) in [5.41, 5.74) is 0.982. The first-order valence-electron chi connectivity index (χ1n) is 11.1. The minimum absolute atomic E-state index is 0. The predicted octanol–water partition coefficient (Wildman–Crippen LogP) is 4.24. The van der Waals surface area contributed by atoms with Gasteiger partial charge in [0.05, 0.1) is 26.2 Å². The van der Waals surface area contributed by atoms with Crippen molar-refractivity contribution in [3.05, 3.63) is 48.2 Å². The Morgan fingerprint density at radius 3 is 2.48 bits per heavy atom. The smallest absolute Gasteiger partial charge is 0.308 e. The fourth-order valence-corrected chi connectivity index (χ4v) is 3.57. The molecule has 33 heavy (non-hydrogen) atoms. The second kappa shape index (κ2) is 13.9. The van der Waals surface area contributed by atoms with E-state index in [0.29, 0.717) is 30.5 Å². The van der Waals surface area contributed by atoms with Gasteiger partial charge in [-0.2, -0.15) is 0 Å². The Bertz CT molecular complexity index is 900. The molecule has 0 amide bonds. The number of nitrogens with zero attached hydrogens (tertiary/aromatic N) is 3. The molecule has 0 aliphatic carbocycles. The highest BCUT2D eigenvalue weighted by molar-refractivity contribution is 14.0. The maximum atomic E-state index is 11.8. The number of nitrogens with one attached hydrogen (secondary N) is 1. The van der Waals surface area contributed by atoms with Crippen molar-refractivity contribution in [1.82, 2.24) is 15.2 Å². The molecule has 0 spiro atoms. The number of ether oxygens (including phenoxy) is 3. The number of rotatable bonds is 8. The maximum Gasteiger partial charge on any atom is 0.308 e. The number of methoxy groups -OCH3 is 1. The summed E-state index contributed by atoms with van der Waals surface area (Å²) >= 11 is 0. The lowest BCUT2D eigenvalue weighted by molar-refractivity contribution is -0.146. The van der Waals surface area contributed by atoms with E-state index >= 15 is 0 Å². The molecule has 8 nitrogen and oxygen atoms in total. The van der Waals surface area contributed by atoms with Gasteiger partial charge in [0.2, 0.25) is 5.88 Å². The second-order valence-electron chi connectivity index (χ2n) is 7.44. The molecule has 9 heteroatoms. The number of para-hydroxylation sites is 2. The zero-order valence-electron chi connectivity index (χ0n) is 19.5. The number of carbonyl (C=O) groups excluding carboxylic acids is 1. The van der Waals surface area contributed by atoms with E-state index in [1.54, 1.807) is 6.20 Å². The van der Waals surface area contributed by atoms with Crippen molar-refractivity contribution in [3.63, 3.8) is 0 Å². The number of hydrogen-bond acceptors (Lipinski definition) is 6. The first-order valence-corrected chi connectivity index (χ1v) is 11.1. The van der Waals surface area contributed by atoms with Crippen molar-refractivity contribution in [2.45, 2.75) is 33.2 Å². The van der Waals surface area contributed by atoms with Crippen molar-refractivity contribution in [1.29, 1.82) is 0 Å². The first kappa shape index (κ1) is 26.7. The lowest BCUT2D eigenvalue weighted by atomic mass is 9.97. The van der Waals surface area contributed by atoms with Crippen molar-refractivity contribution >= 4 is 35.9 Å².